The van der Waals surface area contributed by atoms with E-state index in [-0.39, 0.29) is 5.57 Å². The normalized spacial score (nSPS) is 15.3. The molecule has 134 valence electrons. The number of ether oxygens (including phenoxy) is 2. The number of methoxy groups -OCH3 is 1. The van der Waals surface area contributed by atoms with Gasteiger partial charge in [-0.25, -0.2) is 5.01 Å². The first-order chi connectivity index (χ1) is 12.5. The van der Waals surface area contributed by atoms with Gasteiger partial charge in [0, 0.05) is 0 Å². The molecular weight excluding hydrogens is 332 g/mol. The minimum atomic E-state index is -0.441. The third-order valence-corrected chi connectivity index (χ3v) is 3.98. The van der Waals surface area contributed by atoms with E-state index in [4.69, 9.17) is 9.47 Å². The van der Waals surface area contributed by atoms with Crippen LogP contribution in [0.25, 0.3) is 6.08 Å². The molecule has 0 aromatic heterocycles. The second-order valence-corrected chi connectivity index (χ2v) is 5.82. The van der Waals surface area contributed by atoms with Gasteiger partial charge in [0.05, 0.1) is 19.4 Å². The van der Waals surface area contributed by atoms with Gasteiger partial charge in [0.25, 0.3) is 11.8 Å². The van der Waals surface area contributed by atoms with Gasteiger partial charge in [0.2, 0.25) is 0 Å². The van der Waals surface area contributed by atoms with Crippen molar-refractivity contribution in [2.24, 2.45) is 0 Å². The average Bonchev–Trinajstić information content (AvgIpc) is 2.92. The molecule has 0 spiro atoms. The summed E-state index contributed by atoms with van der Waals surface area (Å²) in [6.45, 7) is 4.36. The molecule has 6 nitrogen and oxygen atoms in total. The smallest absolute Gasteiger partial charge is 0.282 e. The fourth-order valence-electron chi connectivity index (χ4n) is 2.65. The Bertz CT molecular complexity index is 872. The number of amides is 2. The second kappa shape index (κ2) is 7.31. The Morgan fingerprint density at radius 1 is 1.08 bits per heavy atom. The summed E-state index contributed by atoms with van der Waals surface area (Å²) in [5, 5.41) is 1.25. The number of hydrogen-bond acceptors (Lipinski definition) is 4. The summed E-state index contributed by atoms with van der Waals surface area (Å²) in [6.07, 6.45) is 1.55. The highest BCUT2D eigenvalue weighted by Gasteiger charge is 2.34. The van der Waals surface area contributed by atoms with Crippen LogP contribution in [0.2, 0.25) is 0 Å². The van der Waals surface area contributed by atoms with Crippen molar-refractivity contribution in [1.29, 1.82) is 0 Å². The lowest BCUT2D eigenvalue weighted by Gasteiger charge is -2.14. The Kier molecular flexibility index (Phi) is 4.93. The summed E-state index contributed by atoms with van der Waals surface area (Å²) in [5.41, 5.74) is 5.02. The van der Waals surface area contributed by atoms with Crippen LogP contribution in [0.4, 0.5) is 5.69 Å². The zero-order valence-corrected chi connectivity index (χ0v) is 14.9. The maximum atomic E-state index is 12.6. The Morgan fingerprint density at radius 2 is 1.81 bits per heavy atom. The topological polar surface area (TPSA) is 67.9 Å². The first-order valence-corrected chi connectivity index (χ1v) is 8.28. The third kappa shape index (κ3) is 3.39. The molecule has 1 saturated heterocycles. The van der Waals surface area contributed by atoms with E-state index in [1.807, 2.05) is 26.0 Å². The van der Waals surface area contributed by atoms with Gasteiger partial charge in [-0.3, -0.25) is 15.0 Å². The Morgan fingerprint density at radius 3 is 2.46 bits per heavy atom. The number of hydrogen-bond donors (Lipinski definition) is 1. The molecule has 1 heterocycles. The molecule has 6 heteroatoms. The minimum Gasteiger partial charge on any atom is -0.493 e. The summed E-state index contributed by atoms with van der Waals surface area (Å²) < 4.78 is 10.8. The van der Waals surface area contributed by atoms with Crippen LogP contribution < -0.4 is 19.9 Å². The molecule has 2 aromatic rings. The van der Waals surface area contributed by atoms with Gasteiger partial charge in [-0.15, -0.1) is 0 Å². The van der Waals surface area contributed by atoms with E-state index < -0.39 is 11.8 Å². The van der Waals surface area contributed by atoms with E-state index in [1.54, 1.807) is 43.5 Å². The molecule has 3 rings (SSSR count). The molecule has 0 unspecified atom stereocenters. The van der Waals surface area contributed by atoms with Crippen molar-refractivity contribution in [3.8, 4) is 11.5 Å². The number of aryl methyl sites for hydroxylation is 1. The van der Waals surface area contributed by atoms with Crippen LogP contribution in [0.5, 0.6) is 11.5 Å². The van der Waals surface area contributed by atoms with Gasteiger partial charge in [0.1, 0.15) is 5.57 Å². The molecule has 1 N–H and O–H groups in total. The van der Waals surface area contributed by atoms with Crippen molar-refractivity contribution in [2.45, 2.75) is 13.8 Å². The molecule has 0 bridgehead atoms. The Balaban J connectivity index is 1.90. The van der Waals surface area contributed by atoms with Crippen LogP contribution in [0.3, 0.4) is 0 Å². The molecule has 26 heavy (non-hydrogen) atoms. The average molecular weight is 352 g/mol. The van der Waals surface area contributed by atoms with Crippen molar-refractivity contribution in [3.05, 3.63) is 59.2 Å². The van der Waals surface area contributed by atoms with Crippen LogP contribution in [0.15, 0.2) is 48.0 Å². The van der Waals surface area contributed by atoms with Crippen molar-refractivity contribution in [3.63, 3.8) is 0 Å². The predicted molar refractivity (Wildman–Crippen MR) is 98.9 cm³/mol. The fraction of sp³-hybridized carbons (Fsp3) is 0.200. The van der Waals surface area contributed by atoms with Crippen LogP contribution in [0.1, 0.15) is 18.1 Å². The van der Waals surface area contributed by atoms with Crippen molar-refractivity contribution < 1.29 is 19.1 Å². The molecule has 1 aliphatic heterocycles. The van der Waals surface area contributed by atoms with Crippen LogP contribution in [-0.2, 0) is 9.59 Å². The highest BCUT2D eigenvalue weighted by molar-refractivity contribution is 6.31. The molecule has 0 atom stereocenters. The fourth-order valence-corrected chi connectivity index (χ4v) is 2.65. The highest BCUT2D eigenvalue weighted by atomic mass is 16.5. The van der Waals surface area contributed by atoms with Crippen molar-refractivity contribution >= 4 is 23.6 Å². The van der Waals surface area contributed by atoms with E-state index in [9.17, 15) is 9.59 Å². The van der Waals surface area contributed by atoms with Gasteiger partial charge < -0.3 is 9.47 Å². The van der Waals surface area contributed by atoms with Crippen LogP contribution in [0, 0.1) is 6.92 Å². The van der Waals surface area contributed by atoms with Crippen molar-refractivity contribution in [2.75, 3.05) is 18.7 Å². The monoisotopic (exact) mass is 352 g/mol. The summed E-state index contributed by atoms with van der Waals surface area (Å²) in [7, 11) is 1.54. The number of carbonyl (C=O) groups excluding carboxylic acids is 2. The second-order valence-electron chi connectivity index (χ2n) is 5.82. The van der Waals surface area contributed by atoms with Gasteiger partial charge >= 0.3 is 0 Å². The van der Waals surface area contributed by atoms with Gasteiger partial charge in [-0.2, -0.15) is 0 Å². The molecule has 2 amide bonds. The maximum Gasteiger partial charge on any atom is 0.282 e. The summed E-state index contributed by atoms with van der Waals surface area (Å²) in [6, 6.07) is 12.6. The van der Waals surface area contributed by atoms with E-state index in [2.05, 4.69) is 5.43 Å². The number of carbonyl (C=O) groups is 2. The van der Waals surface area contributed by atoms with E-state index >= 15 is 0 Å². The highest BCUT2D eigenvalue weighted by Crippen LogP contribution is 2.30. The maximum absolute atomic E-state index is 12.6. The zero-order valence-electron chi connectivity index (χ0n) is 14.9. The molecule has 2 aromatic carbocycles. The van der Waals surface area contributed by atoms with Gasteiger partial charge in [-0.05, 0) is 49.8 Å². The van der Waals surface area contributed by atoms with E-state index in [0.29, 0.717) is 29.4 Å². The standard InChI is InChI=1S/C20H20N2O4/c1-4-26-17-10-7-14(12-18(17)25-3)11-16-19(23)21-22(20(16)24)15-8-5-13(2)6-9-15/h5-12H,4H2,1-3H3,(H,21,23)/b16-11-. The number of benzene rings is 2. The quantitative estimate of drug-likeness (QED) is 0.664. The lowest BCUT2D eigenvalue weighted by molar-refractivity contribution is -0.117. The third-order valence-electron chi connectivity index (χ3n) is 3.98. The Hall–Kier alpha value is -3.28. The number of nitrogens with one attached hydrogen (secondary N) is 1. The molecule has 1 fully saturated rings. The van der Waals surface area contributed by atoms with Crippen LogP contribution >= 0.6 is 0 Å². The molecular formula is C20H20N2O4. The van der Waals surface area contributed by atoms with E-state index in [1.165, 1.54) is 5.01 Å². The molecule has 1 aliphatic rings. The number of anilines is 1. The molecule has 0 saturated carbocycles. The lowest BCUT2D eigenvalue weighted by Crippen LogP contribution is -2.35. The zero-order chi connectivity index (χ0) is 18.7. The molecule has 0 aliphatic carbocycles. The summed E-state index contributed by atoms with van der Waals surface area (Å²) in [4.78, 5) is 24.9. The Labute approximate surface area is 152 Å². The van der Waals surface area contributed by atoms with Crippen molar-refractivity contribution in [1.82, 2.24) is 5.43 Å². The van der Waals surface area contributed by atoms with Gasteiger partial charge in [-0.1, -0.05) is 23.8 Å². The predicted octanol–water partition coefficient (Wildman–Crippen LogP) is 2.86. The largest absolute Gasteiger partial charge is 0.493 e. The summed E-state index contributed by atoms with van der Waals surface area (Å²) >= 11 is 0. The van der Waals surface area contributed by atoms with E-state index in [0.717, 1.165) is 5.56 Å². The lowest BCUT2D eigenvalue weighted by atomic mass is 10.1. The van der Waals surface area contributed by atoms with Gasteiger partial charge in [0.15, 0.2) is 11.5 Å². The molecule has 0 radical (unpaired) electrons. The number of rotatable bonds is 5. The summed E-state index contributed by atoms with van der Waals surface area (Å²) in [5.74, 6) is 0.318. The number of nitrogens with zero attached hydrogens (tertiary/aromatic N) is 1. The first kappa shape index (κ1) is 17.5. The minimum absolute atomic E-state index is 0.0665. The number of hydrazine groups is 1. The van der Waals surface area contributed by atoms with Crippen LogP contribution in [-0.4, -0.2) is 25.5 Å². The SMILES string of the molecule is CCOc1ccc(/C=C2/C(=O)NN(c3ccc(C)cc3)C2=O)cc1OC. The first-order valence-electron chi connectivity index (χ1n) is 8.28.